The fourth-order valence-electron chi connectivity index (χ4n) is 1.92. The lowest BCUT2D eigenvalue weighted by molar-refractivity contribution is 0.220. The normalized spacial score (nSPS) is 9.95. The van der Waals surface area contributed by atoms with Crippen molar-refractivity contribution in [1.82, 2.24) is 4.90 Å². The Hall–Kier alpha value is -2.82. The van der Waals surface area contributed by atoms with E-state index in [0.29, 0.717) is 12.1 Å². The van der Waals surface area contributed by atoms with Gasteiger partial charge >= 0.3 is 6.03 Å². The van der Waals surface area contributed by atoms with E-state index in [1.54, 1.807) is 18.0 Å². The summed E-state index contributed by atoms with van der Waals surface area (Å²) in [4.78, 5) is 13.7. The molecular formula is C16H18N4O. The summed E-state index contributed by atoms with van der Waals surface area (Å²) in [5, 5.41) is 10.3. The number of hydrogen-bond acceptors (Lipinski definition) is 2. The number of anilines is 1. The molecule has 21 heavy (non-hydrogen) atoms. The number of carbonyl (C=O) groups is 1. The lowest BCUT2D eigenvalue weighted by Gasteiger charge is -2.18. The van der Waals surface area contributed by atoms with Crippen LogP contribution in [0.3, 0.4) is 0 Å². The van der Waals surface area contributed by atoms with Gasteiger partial charge in [-0.3, -0.25) is 5.41 Å². The summed E-state index contributed by atoms with van der Waals surface area (Å²) in [7, 11) is 1.72. The molecule has 0 bridgehead atoms. The predicted octanol–water partition coefficient (Wildman–Crippen LogP) is 2.63. The van der Waals surface area contributed by atoms with E-state index in [1.807, 2.05) is 48.5 Å². The number of urea groups is 1. The average molecular weight is 282 g/mol. The zero-order valence-corrected chi connectivity index (χ0v) is 11.8. The summed E-state index contributed by atoms with van der Waals surface area (Å²) in [6.45, 7) is 0.444. The Morgan fingerprint density at radius 1 is 1.19 bits per heavy atom. The molecule has 0 aliphatic carbocycles. The van der Waals surface area contributed by atoms with Crippen LogP contribution in [0.1, 0.15) is 11.1 Å². The molecule has 0 fully saturated rings. The Bertz CT molecular complexity index is 640. The molecule has 0 heterocycles. The van der Waals surface area contributed by atoms with Gasteiger partial charge in [-0.05, 0) is 23.8 Å². The number of nitrogen functional groups attached to an aromatic ring is 1. The molecule has 0 spiro atoms. The van der Waals surface area contributed by atoms with E-state index in [1.165, 1.54) is 0 Å². The Labute approximate surface area is 123 Å². The molecule has 2 amide bonds. The second kappa shape index (κ2) is 6.56. The number of nitrogens with one attached hydrogen (secondary N) is 2. The number of hydrogen-bond donors (Lipinski definition) is 3. The van der Waals surface area contributed by atoms with Gasteiger partial charge in [-0.25, -0.2) is 4.79 Å². The molecule has 0 atom stereocenters. The quantitative estimate of drug-likeness (QED) is 0.595. The molecule has 4 N–H and O–H groups in total. The summed E-state index contributed by atoms with van der Waals surface area (Å²) in [5.41, 5.74) is 7.80. The molecule has 0 unspecified atom stereocenters. The third-order valence-corrected chi connectivity index (χ3v) is 3.03. The van der Waals surface area contributed by atoms with Crippen LogP contribution in [0, 0.1) is 5.41 Å². The van der Waals surface area contributed by atoms with E-state index in [2.05, 4.69) is 5.32 Å². The Kier molecular flexibility index (Phi) is 4.56. The highest BCUT2D eigenvalue weighted by Gasteiger charge is 2.09. The van der Waals surface area contributed by atoms with E-state index in [-0.39, 0.29) is 11.9 Å². The Morgan fingerprint density at radius 3 is 2.57 bits per heavy atom. The van der Waals surface area contributed by atoms with Crippen molar-refractivity contribution in [3.63, 3.8) is 0 Å². The smallest absolute Gasteiger partial charge is 0.321 e. The van der Waals surface area contributed by atoms with Crippen LogP contribution in [0.15, 0.2) is 54.6 Å². The molecular weight excluding hydrogens is 264 g/mol. The van der Waals surface area contributed by atoms with Crippen LogP contribution in [0.2, 0.25) is 0 Å². The van der Waals surface area contributed by atoms with Gasteiger partial charge in [0.2, 0.25) is 0 Å². The Balaban J connectivity index is 2.00. The van der Waals surface area contributed by atoms with Gasteiger partial charge in [-0.1, -0.05) is 36.4 Å². The number of amidine groups is 1. The first kappa shape index (κ1) is 14.6. The first-order valence-electron chi connectivity index (χ1n) is 6.57. The number of nitrogens with zero attached hydrogens (tertiary/aromatic N) is 1. The van der Waals surface area contributed by atoms with E-state index in [9.17, 15) is 4.79 Å². The number of carbonyl (C=O) groups excluding carboxylic acids is 1. The maximum atomic E-state index is 12.1. The number of rotatable bonds is 4. The summed E-state index contributed by atoms with van der Waals surface area (Å²) in [6.07, 6.45) is 0. The standard InChI is InChI=1S/C16H18N4O/c1-20(16(21)19-14-8-3-2-4-9-14)11-12-6-5-7-13(10-12)15(17)18/h2-10H,11H2,1H3,(H3,17,18)(H,19,21). The van der Waals surface area contributed by atoms with Crippen LogP contribution >= 0.6 is 0 Å². The lowest BCUT2D eigenvalue weighted by Crippen LogP contribution is -2.30. The number of nitrogens with two attached hydrogens (primary N) is 1. The lowest BCUT2D eigenvalue weighted by atomic mass is 10.1. The van der Waals surface area contributed by atoms with Crippen LogP contribution in [0.4, 0.5) is 10.5 Å². The van der Waals surface area contributed by atoms with Crippen LogP contribution in [-0.2, 0) is 6.54 Å². The highest BCUT2D eigenvalue weighted by atomic mass is 16.2. The molecule has 0 saturated carbocycles. The van der Waals surface area contributed by atoms with Gasteiger partial charge in [-0.15, -0.1) is 0 Å². The van der Waals surface area contributed by atoms with Crippen LogP contribution < -0.4 is 11.1 Å². The molecule has 5 heteroatoms. The van der Waals surface area contributed by atoms with Crippen LogP contribution in [0.25, 0.3) is 0 Å². The molecule has 0 aliphatic rings. The first-order chi connectivity index (χ1) is 10.1. The largest absolute Gasteiger partial charge is 0.384 e. The van der Waals surface area contributed by atoms with Crippen molar-refractivity contribution in [2.24, 2.45) is 5.73 Å². The van der Waals surface area contributed by atoms with Crippen molar-refractivity contribution < 1.29 is 4.79 Å². The number of para-hydroxylation sites is 1. The highest BCUT2D eigenvalue weighted by molar-refractivity contribution is 5.95. The third kappa shape index (κ3) is 4.07. The van der Waals surface area contributed by atoms with Crippen molar-refractivity contribution in [1.29, 1.82) is 5.41 Å². The van der Waals surface area contributed by atoms with E-state index in [0.717, 1.165) is 11.3 Å². The maximum Gasteiger partial charge on any atom is 0.321 e. The van der Waals surface area contributed by atoms with Crippen molar-refractivity contribution in [3.8, 4) is 0 Å². The predicted molar refractivity (Wildman–Crippen MR) is 84.4 cm³/mol. The summed E-state index contributed by atoms with van der Waals surface area (Å²) in [6, 6.07) is 16.4. The van der Waals surface area contributed by atoms with Gasteiger partial charge in [0, 0.05) is 24.8 Å². The molecule has 0 saturated heterocycles. The Morgan fingerprint density at radius 2 is 1.90 bits per heavy atom. The molecule has 5 nitrogen and oxygen atoms in total. The minimum atomic E-state index is -0.186. The summed E-state index contributed by atoms with van der Waals surface area (Å²) in [5.74, 6) is 0.0215. The van der Waals surface area contributed by atoms with Crippen LogP contribution in [-0.4, -0.2) is 23.8 Å². The van der Waals surface area contributed by atoms with Gasteiger partial charge in [0.25, 0.3) is 0 Å². The monoisotopic (exact) mass is 282 g/mol. The fraction of sp³-hybridized carbons (Fsp3) is 0.125. The zero-order valence-electron chi connectivity index (χ0n) is 11.8. The molecule has 0 aromatic heterocycles. The molecule has 0 aliphatic heterocycles. The second-order valence-corrected chi connectivity index (χ2v) is 4.77. The average Bonchev–Trinajstić information content (AvgIpc) is 2.48. The summed E-state index contributed by atoms with van der Waals surface area (Å²) >= 11 is 0. The third-order valence-electron chi connectivity index (χ3n) is 3.03. The highest BCUT2D eigenvalue weighted by Crippen LogP contribution is 2.10. The van der Waals surface area contributed by atoms with Gasteiger partial charge in [0.15, 0.2) is 0 Å². The summed E-state index contributed by atoms with van der Waals surface area (Å²) < 4.78 is 0. The van der Waals surface area contributed by atoms with Gasteiger partial charge < -0.3 is 16.0 Å². The molecule has 2 aromatic carbocycles. The van der Waals surface area contributed by atoms with E-state index < -0.39 is 0 Å². The topological polar surface area (TPSA) is 82.2 Å². The van der Waals surface area contributed by atoms with Gasteiger partial charge in [-0.2, -0.15) is 0 Å². The fourth-order valence-corrected chi connectivity index (χ4v) is 1.92. The van der Waals surface area contributed by atoms with E-state index >= 15 is 0 Å². The maximum absolute atomic E-state index is 12.1. The van der Waals surface area contributed by atoms with Gasteiger partial charge in [0.1, 0.15) is 5.84 Å². The molecule has 108 valence electrons. The minimum absolute atomic E-state index is 0.0215. The second-order valence-electron chi connectivity index (χ2n) is 4.77. The van der Waals surface area contributed by atoms with Crippen molar-refractivity contribution in [3.05, 3.63) is 65.7 Å². The molecule has 2 rings (SSSR count). The number of amides is 2. The van der Waals surface area contributed by atoms with E-state index in [4.69, 9.17) is 11.1 Å². The first-order valence-corrected chi connectivity index (χ1v) is 6.57. The molecule has 0 radical (unpaired) electrons. The molecule has 2 aromatic rings. The van der Waals surface area contributed by atoms with Crippen molar-refractivity contribution in [2.45, 2.75) is 6.54 Å². The van der Waals surface area contributed by atoms with Crippen molar-refractivity contribution in [2.75, 3.05) is 12.4 Å². The SMILES string of the molecule is CN(Cc1cccc(C(=N)N)c1)C(=O)Nc1ccccc1. The van der Waals surface area contributed by atoms with Crippen LogP contribution in [0.5, 0.6) is 0 Å². The zero-order chi connectivity index (χ0) is 15.2. The van der Waals surface area contributed by atoms with Crippen molar-refractivity contribution >= 4 is 17.6 Å². The minimum Gasteiger partial charge on any atom is -0.384 e. The number of benzene rings is 2. The van der Waals surface area contributed by atoms with Gasteiger partial charge in [0.05, 0.1) is 0 Å².